The van der Waals surface area contributed by atoms with Crippen LogP contribution in [-0.2, 0) is 19.1 Å². The molecule has 1 unspecified atom stereocenters. The predicted molar refractivity (Wildman–Crippen MR) is 107 cm³/mol. The largest absolute Gasteiger partial charge is 0.481 e. The van der Waals surface area contributed by atoms with E-state index in [1.807, 2.05) is 19.9 Å². The normalized spacial score (nSPS) is 11.2. The number of esters is 1. The number of hydrogen-bond acceptors (Lipinski definition) is 4. The molecule has 0 saturated heterocycles. The van der Waals surface area contributed by atoms with Crippen molar-refractivity contribution < 1.29 is 24.2 Å². The number of carbonyl (C=O) groups is 3. The van der Waals surface area contributed by atoms with E-state index >= 15 is 0 Å². The van der Waals surface area contributed by atoms with Crippen molar-refractivity contribution >= 4 is 17.7 Å². The van der Waals surface area contributed by atoms with Crippen LogP contribution in [0.5, 0.6) is 0 Å². The van der Waals surface area contributed by atoms with E-state index in [9.17, 15) is 19.5 Å². The predicted octanol–water partition coefficient (Wildman–Crippen LogP) is 5.20. The Morgan fingerprint density at radius 1 is 1.19 bits per heavy atom. The maximum atomic E-state index is 11.9. The van der Waals surface area contributed by atoms with Gasteiger partial charge in [0, 0.05) is 6.42 Å². The van der Waals surface area contributed by atoms with Crippen LogP contribution in [0.2, 0.25) is 0 Å². The van der Waals surface area contributed by atoms with Crippen LogP contribution in [0.1, 0.15) is 74.7 Å². The topological polar surface area (TPSA) is 80.7 Å². The molecule has 0 aromatic carbocycles. The number of carbonyl (C=O) groups excluding carboxylic acids is 2. The van der Waals surface area contributed by atoms with Crippen molar-refractivity contribution in [3.05, 3.63) is 24.3 Å². The molecule has 1 atom stereocenters. The summed E-state index contributed by atoms with van der Waals surface area (Å²) in [6, 6.07) is 0. The van der Waals surface area contributed by atoms with Crippen LogP contribution in [0, 0.1) is 11.3 Å². The van der Waals surface area contributed by atoms with Crippen molar-refractivity contribution in [1.29, 1.82) is 0 Å². The van der Waals surface area contributed by atoms with E-state index in [2.05, 4.69) is 6.58 Å². The van der Waals surface area contributed by atoms with Crippen LogP contribution in [0.25, 0.3) is 0 Å². The minimum atomic E-state index is -1.08. The smallest absolute Gasteiger partial charge is 0.307 e. The van der Waals surface area contributed by atoms with E-state index in [0.29, 0.717) is 0 Å². The molecular weight excluding hydrogens is 332 g/mol. The highest BCUT2D eigenvalue weighted by atomic mass is 16.5. The molecule has 0 radical (unpaired) electrons. The third kappa shape index (κ3) is 14.4. The molecule has 0 heterocycles. The summed E-state index contributed by atoms with van der Waals surface area (Å²) in [7, 11) is 0. The molecule has 1 N–H and O–H groups in total. The lowest BCUT2D eigenvalue weighted by atomic mass is 9.89. The van der Waals surface area contributed by atoms with E-state index < -0.39 is 17.9 Å². The molecule has 0 aliphatic rings. The number of carboxylic acids is 1. The zero-order chi connectivity index (χ0) is 18.8. The molecule has 0 rings (SSSR count). The fraction of sp³-hybridized carbons (Fsp3) is 0.667. The average molecular weight is 371 g/mol. The number of carboxylic acid groups (broad SMARTS) is 1. The Morgan fingerprint density at radius 2 is 1.77 bits per heavy atom. The highest BCUT2D eigenvalue weighted by Crippen LogP contribution is 2.23. The molecule has 0 spiro atoms. The summed E-state index contributed by atoms with van der Waals surface area (Å²) in [5, 5.41) is 9.22. The number of aliphatic carboxylic acids is 1. The van der Waals surface area contributed by atoms with Gasteiger partial charge in [-0.1, -0.05) is 40.3 Å². The summed E-state index contributed by atoms with van der Waals surface area (Å²) in [6.45, 7) is 11.5. The standard InChI is InChI=1S/C19H30O5.2CH4/c1-6-7-10-19(4,5)13-24-17(21)12-15(18(22)23)8-9-16(20)11-14(2)3;;/h6,11,15H,1,7-10,12-13H2,2-5H3,(H,22,23);2*1H4. The Kier molecular flexibility index (Phi) is 15.9. The first-order valence-corrected chi connectivity index (χ1v) is 8.24. The summed E-state index contributed by atoms with van der Waals surface area (Å²) in [6.07, 6.45) is 4.99. The van der Waals surface area contributed by atoms with Gasteiger partial charge < -0.3 is 9.84 Å². The number of ketones is 1. The van der Waals surface area contributed by atoms with Crippen molar-refractivity contribution in [1.82, 2.24) is 0 Å². The van der Waals surface area contributed by atoms with Gasteiger partial charge in [-0.2, -0.15) is 0 Å². The van der Waals surface area contributed by atoms with Crippen LogP contribution in [0.3, 0.4) is 0 Å². The van der Waals surface area contributed by atoms with Gasteiger partial charge in [-0.15, -0.1) is 6.58 Å². The van der Waals surface area contributed by atoms with E-state index in [1.165, 1.54) is 6.08 Å². The molecule has 0 aromatic rings. The number of hydrogen-bond donors (Lipinski definition) is 1. The molecule has 5 heteroatoms. The summed E-state index contributed by atoms with van der Waals surface area (Å²) in [4.78, 5) is 34.8. The third-order valence-corrected chi connectivity index (χ3v) is 3.60. The van der Waals surface area contributed by atoms with Crippen LogP contribution in [0.4, 0.5) is 0 Å². The highest BCUT2D eigenvalue weighted by Gasteiger charge is 2.25. The summed E-state index contributed by atoms with van der Waals surface area (Å²) < 4.78 is 5.22. The van der Waals surface area contributed by atoms with Crippen molar-refractivity contribution in [2.24, 2.45) is 11.3 Å². The number of allylic oxidation sites excluding steroid dienone is 3. The fourth-order valence-corrected chi connectivity index (χ4v) is 2.12. The van der Waals surface area contributed by atoms with Crippen LogP contribution in [0.15, 0.2) is 24.3 Å². The van der Waals surface area contributed by atoms with Crippen LogP contribution >= 0.6 is 0 Å². The molecule has 0 bridgehead atoms. The molecular formula is C21H38O5. The van der Waals surface area contributed by atoms with Gasteiger partial charge >= 0.3 is 11.9 Å². The highest BCUT2D eigenvalue weighted by molar-refractivity contribution is 5.90. The molecule has 0 aliphatic heterocycles. The van der Waals surface area contributed by atoms with E-state index in [4.69, 9.17) is 4.74 Å². The average Bonchev–Trinajstić information content (AvgIpc) is 2.46. The lowest BCUT2D eigenvalue weighted by Crippen LogP contribution is -2.25. The third-order valence-electron chi connectivity index (χ3n) is 3.60. The van der Waals surface area contributed by atoms with Gasteiger partial charge in [0.15, 0.2) is 5.78 Å². The second-order valence-corrected chi connectivity index (χ2v) is 7.12. The first-order chi connectivity index (χ1) is 11.1. The van der Waals surface area contributed by atoms with Gasteiger partial charge in [0.05, 0.1) is 18.9 Å². The van der Waals surface area contributed by atoms with Crippen molar-refractivity contribution in [3.63, 3.8) is 0 Å². The molecule has 0 aliphatic carbocycles. The summed E-state index contributed by atoms with van der Waals surface area (Å²) in [5.41, 5.74) is 0.690. The molecule has 0 saturated carbocycles. The number of rotatable bonds is 12. The second kappa shape index (κ2) is 14.3. The van der Waals surface area contributed by atoms with Gasteiger partial charge in [0.2, 0.25) is 0 Å². The van der Waals surface area contributed by atoms with Gasteiger partial charge in [-0.25, -0.2) is 0 Å². The van der Waals surface area contributed by atoms with Gasteiger partial charge in [0.1, 0.15) is 0 Å². The Labute approximate surface area is 159 Å². The molecule has 0 amide bonds. The monoisotopic (exact) mass is 370 g/mol. The van der Waals surface area contributed by atoms with Crippen LogP contribution < -0.4 is 0 Å². The Morgan fingerprint density at radius 3 is 2.23 bits per heavy atom. The van der Waals surface area contributed by atoms with Crippen molar-refractivity contribution in [2.75, 3.05) is 6.61 Å². The zero-order valence-corrected chi connectivity index (χ0v) is 15.3. The Hall–Kier alpha value is -1.91. The Bertz CT molecular complexity index is 485. The van der Waals surface area contributed by atoms with Gasteiger partial charge in [-0.3, -0.25) is 14.4 Å². The lowest BCUT2D eigenvalue weighted by Gasteiger charge is -2.23. The number of ether oxygens (including phenoxy) is 1. The molecule has 0 aromatic heterocycles. The zero-order valence-electron chi connectivity index (χ0n) is 15.3. The molecule has 0 fully saturated rings. The first-order valence-electron chi connectivity index (χ1n) is 8.24. The SMILES string of the molecule is C.C.C=CCCC(C)(C)COC(=O)CC(CCC(=O)C=C(C)C)C(=O)O. The van der Waals surface area contributed by atoms with E-state index in [-0.39, 0.29) is 51.9 Å². The minimum absolute atomic E-state index is 0. The maximum absolute atomic E-state index is 11.9. The van der Waals surface area contributed by atoms with E-state index in [1.54, 1.807) is 13.8 Å². The Balaban J connectivity index is -0.00000264. The quantitative estimate of drug-likeness (QED) is 0.290. The lowest BCUT2D eigenvalue weighted by molar-refractivity contribution is -0.153. The summed E-state index contributed by atoms with van der Waals surface area (Å²) >= 11 is 0. The molecule has 26 heavy (non-hydrogen) atoms. The molecule has 5 nitrogen and oxygen atoms in total. The van der Waals surface area contributed by atoms with Crippen molar-refractivity contribution in [3.8, 4) is 0 Å². The fourth-order valence-electron chi connectivity index (χ4n) is 2.12. The minimum Gasteiger partial charge on any atom is -0.481 e. The van der Waals surface area contributed by atoms with Crippen molar-refractivity contribution in [2.45, 2.75) is 74.7 Å². The van der Waals surface area contributed by atoms with Gasteiger partial charge in [0.25, 0.3) is 0 Å². The first kappa shape index (κ1) is 28.9. The van der Waals surface area contributed by atoms with Crippen LogP contribution in [-0.4, -0.2) is 29.4 Å². The molecule has 152 valence electrons. The van der Waals surface area contributed by atoms with E-state index in [0.717, 1.165) is 18.4 Å². The summed E-state index contributed by atoms with van der Waals surface area (Å²) in [5.74, 6) is -2.64. The van der Waals surface area contributed by atoms with Gasteiger partial charge in [-0.05, 0) is 44.6 Å². The second-order valence-electron chi connectivity index (χ2n) is 7.12. The maximum Gasteiger partial charge on any atom is 0.307 e.